The SMILES string of the molecule is OB(O)c1nccc(C(F)(F)F)n1. The summed E-state index contributed by atoms with van der Waals surface area (Å²) < 4.78 is 35.9. The number of rotatable bonds is 1. The highest BCUT2D eigenvalue weighted by atomic mass is 19.4. The van der Waals surface area contributed by atoms with Crippen LogP contribution in [0.25, 0.3) is 0 Å². The maximum atomic E-state index is 12.0. The molecule has 13 heavy (non-hydrogen) atoms. The summed E-state index contributed by atoms with van der Waals surface area (Å²) in [7, 11) is -2.10. The average Bonchev–Trinajstić information content (AvgIpc) is 2.03. The summed E-state index contributed by atoms with van der Waals surface area (Å²) in [6.45, 7) is 0. The molecule has 0 aliphatic heterocycles. The van der Waals surface area contributed by atoms with Crippen molar-refractivity contribution >= 4 is 12.8 Å². The maximum absolute atomic E-state index is 12.0. The van der Waals surface area contributed by atoms with Gasteiger partial charge < -0.3 is 10.0 Å². The van der Waals surface area contributed by atoms with Crippen molar-refractivity contribution in [2.75, 3.05) is 0 Å². The van der Waals surface area contributed by atoms with Crippen LogP contribution in [0.15, 0.2) is 12.3 Å². The predicted octanol–water partition coefficient (Wildman–Crippen LogP) is -0.825. The molecule has 0 aliphatic carbocycles. The van der Waals surface area contributed by atoms with Crippen molar-refractivity contribution in [2.45, 2.75) is 6.18 Å². The molecule has 70 valence electrons. The van der Waals surface area contributed by atoms with Crippen LogP contribution in [0.2, 0.25) is 0 Å². The Bertz CT molecular complexity index is 304. The quantitative estimate of drug-likeness (QED) is 0.570. The van der Waals surface area contributed by atoms with Gasteiger partial charge in [0.15, 0.2) is 5.72 Å². The third kappa shape index (κ3) is 2.39. The Balaban J connectivity index is 3.06. The van der Waals surface area contributed by atoms with Crippen LogP contribution in [0.3, 0.4) is 0 Å². The van der Waals surface area contributed by atoms with Crippen molar-refractivity contribution in [3.63, 3.8) is 0 Å². The third-order valence-corrected chi connectivity index (χ3v) is 1.20. The Hall–Kier alpha value is -1.15. The van der Waals surface area contributed by atoms with Crippen LogP contribution < -0.4 is 5.72 Å². The summed E-state index contributed by atoms with van der Waals surface area (Å²) in [6, 6.07) is 0.645. The molecule has 2 N–H and O–H groups in total. The average molecular weight is 192 g/mol. The summed E-state index contributed by atoms with van der Waals surface area (Å²) in [5.74, 6) is 0. The summed E-state index contributed by atoms with van der Waals surface area (Å²) in [5, 5.41) is 17.0. The molecular weight excluding hydrogens is 188 g/mol. The summed E-state index contributed by atoms with van der Waals surface area (Å²) >= 11 is 0. The van der Waals surface area contributed by atoms with Crippen LogP contribution in [-0.4, -0.2) is 27.1 Å². The Morgan fingerprint density at radius 2 is 1.92 bits per heavy atom. The largest absolute Gasteiger partial charge is 0.528 e. The van der Waals surface area contributed by atoms with E-state index in [2.05, 4.69) is 9.97 Å². The Labute approximate surface area is 71.2 Å². The highest BCUT2D eigenvalue weighted by molar-refractivity contribution is 6.56. The minimum absolute atomic E-state index is 0.645. The topological polar surface area (TPSA) is 66.2 Å². The second-order valence-electron chi connectivity index (χ2n) is 2.17. The first-order chi connectivity index (χ1) is 5.91. The van der Waals surface area contributed by atoms with Gasteiger partial charge in [0.1, 0.15) is 5.69 Å². The second kappa shape index (κ2) is 3.31. The van der Waals surface area contributed by atoms with Crippen LogP contribution in [0.1, 0.15) is 5.69 Å². The van der Waals surface area contributed by atoms with Gasteiger partial charge in [-0.3, -0.25) is 0 Å². The molecule has 1 heterocycles. The minimum Gasteiger partial charge on any atom is -0.421 e. The molecule has 0 aromatic carbocycles. The van der Waals surface area contributed by atoms with Crippen molar-refractivity contribution < 1.29 is 23.2 Å². The van der Waals surface area contributed by atoms with Crippen LogP contribution >= 0.6 is 0 Å². The highest BCUT2D eigenvalue weighted by Gasteiger charge is 2.33. The standard InChI is InChI=1S/C5H4BF3N2O2/c7-5(8,9)3-1-2-10-4(11-3)6(12)13/h1-2,12-13H. The van der Waals surface area contributed by atoms with Gasteiger partial charge in [0, 0.05) is 6.20 Å². The summed E-state index contributed by atoms with van der Waals surface area (Å²) in [4.78, 5) is 6.15. The molecule has 0 saturated heterocycles. The van der Waals surface area contributed by atoms with Crippen LogP contribution in [0, 0.1) is 0 Å². The number of hydrogen-bond acceptors (Lipinski definition) is 4. The molecule has 0 radical (unpaired) electrons. The molecule has 4 nitrogen and oxygen atoms in total. The van der Waals surface area contributed by atoms with Gasteiger partial charge in [-0.1, -0.05) is 0 Å². The van der Waals surface area contributed by atoms with E-state index in [1.165, 1.54) is 0 Å². The number of nitrogens with zero attached hydrogens (tertiary/aromatic N) is 2. The minimum atomic E-state index is -4.60. The van der Waals surface area contributed by atoms with Crippen LogP contribution in [0.5, 0.6) is 0 Å². The van der Waals surface area contributed by atoms with Crippen LogP contribution in [-0.2, 0) is 6.18 Å². The molecule has 0 aliphatic rings. The molecule has 0 unspecified atom stereocenters. The fraction of sp³-hybridized carbons (Fsp3) is 0.200. The van der Waals surface area contributed by atoms with Crippen molar-refractivity contribution in [1.29, 1.82) is 0 Å². The molecule has 8 heteroatoms. The van der Waals surface area contributed by atoms with Crippen molar-refractivity contribution in [2.24, 2.45) is 0 Å². The molecule has 0 bridgehead atoms. The van der Waals surface area contributed by atoms with E-state index in [0.29, 0.717) is 6.07 Å². The van der Waals surface area contributed by atoms with E-state index in [0.717, 1.165) is 6.20 Å². The first-order valence-corrected chi connectivity index (χ1v) is 3.17. The van der Waals surface area contributed by atoms with E-state index in [-0.39, 0.29) is 0 Å². The molecule has 0 spiro atoms. The Kier molecular flexibility index (Phi) is 2.53. The van der Waals surface area contributed by atoms with Gasteiger partial charge in [-0.05, 0) is 6.07 Å². The molecule has 0 atom stereocenters. The van der Waals surface area contributed by atoms with Gasteiger partial charge in [0.2, 0.25) is 0 Å². The second-order valence-corrected chi connectivity index (χ2v) is 2.17. The van der Waals surface area contributed by atoms with E-state index in [1.54, 1.807) is 0 Å². The number of halogens is 3. The molecule has 1 aromatic heterocycles. The molecular formula is C5H4BF3N2O2. The smallest absolute Gasteiger partial charge is 0.421 e. The van der Waals surface area contributed by atoms with Crippen molar-refractivity contribution in [1.82, 2.24) is 9.97 Å². The lowest BCUT2D eigenvalue weighted by molar-refractivity contribution is -0.141. The normalized spacial score (nSPS) is 11.5. The summed E-state index contributed by atoms with van der Waals surface area (Å²) in [6.07, 6.45) is -3.79. The number of aromatic nitrogens is 2. The zero-order valence-electron chi connectivity index (χ0n) is 6.15. The first kappa shape index (κ1) is 9.94. The van der Waals surface area contributed by atoms with Gasteiger partial charge in [0.05, 0.1) is 0 Å². The molecule has 1 rings (SSSR count). The lowest BCUT2D eigenvalue weighted by Gasteiger charge is -2.05. The highest BCUT2D eigenvalue weighted by Crippen LogP contribution is 2.26. The van der Waals surface area contributed by atoms with Crippen molar-refractivity contribution in [3.8, 4) is 0 Å². The zero-order chi connectivity index (χ0) is 10.1. The number of hydrogen-bond donors (Lipinski definition) is 2. The third-order valence-electron chi connectivity index (χ3n) is 1.20. The Morgan fingerprint density at radius 3 is 2.38 bits per heavy atom. The van der Waals surface area contributed by atoms with Gasteiger partial charge in [-0.2, -0.15) is 13.2 Å². The van der Waals surface area contributed by atoms with E-state index >= 15 is 0 Å². The van der Waals surface area contributed by atoms with Gasteiger partial charge >= 0.3 is 13.3 Å². The van der Waals surface area contributed by atoms with Gasteiger partial charge in [-0.25, -0.2) is 9.97 Å². The van der Waals surface area contributed by atoms with E-state index in [9.17, 15) is 13.2 Å². The first-order valence-electron chi connectivity index (χ1n) is 3.17. The van der Waals surface area contributed by atoms with E-state index < -0.39 is 24.7 Å². The van der Waals surface area contributed by atoms with Gasteiger partial charge in [0.25, 0.3) is 0 Å². The summed E-state index contributed by atoms with van der Waals surface area (Å²) in [5.41, 5.74) is -1.87. The van der Waals surface area contributed by atoms with E-state index in [1.807, 2.05) is 0 Å². The Morgan fingerprint density at radius 1 is 1.31 bits per heavy atom. The number of alkyl halides is 3. The zero-order valence-corrected chi connectivity index (χ0v) is 6.15. The fourth-order valence-corrected chi connectivity index (χ4v) is 0.656. The van der Waals surface area contributed by atoms with Gasteiger partial charge in [-0.15, -0.1) is 0 Å². The molecule has 0 amide bonds. The van der Waals surface area contributed by atoms with Crippen LogP contribution in [0.4, 0.5) is 13.2 Å². The fourth-order valence-electron chi connectivity index (χ4n) is 0.656. The predicted molar refractivity (Wildman–Crippen MR) is 36.9 cm³/mol. The lowest BCUT2D eigenvalue weighted by atomic mass is 9.91. The lowest BCUT2D eigenvalue weighted by Crippen LogP contribution is -2.36. The molecule has 1 aromatic rings. The molecule has 0 fully saturated rings. The maximum Gasteiger partial charge on any atom is 0.528 e. The monoisotopic (exact) mass is 192 g/mol. The van der Waals surface area contributed by atoms with Crippen molar-refractivity contribution in [3.05, 3.63) is 18.0 Å². The van der Waals surface area contributed by atoms with E-state index in [4.69, 9.17) is 10.0 Å². The molecule has 0 saturated carbocycles.